The Hall–Kier alpha value is -3.98. The minimum absolute atomic E-state index is 0.00773. The minimum Gasteiger partial charge on any atom is -0.496 e. The summed E-state index contributed by atoms with van der Waals surface area (Å²) in [7, 11) is 1.76. The zero-order valence-corrected chi connectivity index (χ0v) is 17.2. The standard InChI is InChI=1S/C28H22N2O/c1-31-26-15-14-18-8-2-3-9-19(18)28(26)27(22-16-29-24-12-6-4-10-20(22)24)23-17-30-25-13-7-5-11-21(23)25/h2-17,27,29-30H,1H3. The van der Waals surface area contributed by atoms with Gasteiger partial charge in [0, 0.05) is 45.7 Å². The molecule has 0 aliphatic heterocycles. The topological polar surface area (TPSA) is 40.8 Å². The van der Waals surface area contributed by atoms with Crippen LogP contribution in [0.3, 0.4) is 0 Å². The Labute approximate surface area is 180 Å². The predicted octanol–water partition coefficient (Wildman–Crippen LogP) is 6.99. The molecular weight excluding hydrogens is 380 g/mol. The minimum atomic E-state index is 0.00773. The number of benzene rings is 4. The molecule has 0 amide bonds. The fourth-order valence-electron chi connectivity index (χ4n) is 4.90. The molecule has 0 aliphatic carbocycles. The van der Waals surface area contributed by atoms with E-state index < -0.39 is 0 Å². The molecule has 3 nitrogen and oxygen atoms in total. The van der Waals surface area contributed by atoms with Crippen molar-refractivity contribution in [2.45, 2.75) is 5.92 Å². The van der Waals surface area contributed by atoms with E-state index in [1.165, 1.54) is 38.2 Å². The molecule has 3 heteroatoms. The van der Waals surface area contributed by atoms with E-state index in [0.29, 0.717) is 0 Å². The highest BCUT2D eigenvalue weighted by molar-refractivity contribution is 5.94. The molecule has 4 aromatic carbocycles. The molecule has 0 unspecified atom stereocenters. The summed E-state index contributed by atoms with van der Waals surface area (Å²) in [4.78, 5) is 6.97. The van der Waals surface area contributed by atoms with E-state index in [2.05, 4.69) is 107 Å². The van der Waals surface area contributed by atoms with E-state index in [4.69, 9.17) is 4.74 Å². The summed E-state index contributed by atoms with van der Waals surface area (Å²) in [6, 6.07) is 29.8. The van der Waals surface area contributed by atoms with Crippen LogP contribution >= 0.6 is 0 Å². The van der Waals surface area contributed by atoms with Gasteiger partial charge in [0.2, 0.25) is 0 Å². The third-order valence-electron chi connectivity index (χ3n) is 6.30. The first-order chi connectivity index (χ1) is 15.3. The van der Waals surface area contributed by atoms with Gasteiger partial charge in [-0.25, -0.2) is 0 Å². The summed E-state index contributed by atoms with van der Waals surface area (Å²) in [5.41, 5.74) is 5.96. The Bertz CT molecular complexity index is 1470. The Morgan fingerprint density at radius 2 is 1.16 bits per heavy atom. The molecule has 2 heterocycles. The largest absolute Gasteiger partial charge is 0.496 e. The van der Waals surface area contributed by atoms with Crippen LogP contribution < -0.4 is 4.74 Å². The summed E-state index contributed by atoms with van der Waals surface area (Å²) >= 11 is 0. The molecular formula is C28H22N2O. The van der Waals surface area contributed by atoms with Gasteiger partial charge in [0.15, 0.2) is 0 Å². The summed E-state index contributed by atoms with van der Waals surface area (Å²) in [5, 5.41) is 4.88. The van der Waals surface area contributed by atoms with Crippen LogP contribution in [0, 0.1) is 0 Å². The van der Waals surface area contributed by atoms with Gasteiger partial charge < -0.3 is 14.7 Å². The maximum Gasteiger partial charge on any atom is 0.123 e. The van der Waals surface area contributed by atoms with Crippen LogP contribution in [0.4, 0.5) is 0 Å². The molecule has 0 spiro atoms. The van der Waals surface area contributed by atoms with Crippen molar-refractivity contribution in [2.75, 3.05) is 7.11 Å². The van der Waals surface area contributed by atoms with Gasteiger partial charge in [-0.05, 0) is 40.1 Å². The Kier molecular flexibility index (Phi) is 4.07. The van der Waals surface area contributed by atoms with Gasteiger partial charge >= 0.3 is 0 Å². The molecule has 2 aromatic heterocycles. The highest BCUT2D eigenvalue weighted by atomic mass is 16.5. The maximum absolute atomic E-state index is 5.93. The third kappa shape index (κ3) is 2.74. The first kappa shape index (κ1) is 17.8. The van der Waals surface area contributed by atoms with Gasteiger partial charge in [-0.3, -0.25) is 0 Å². The number of nitrogens with one attached hydrogen (secondary N) is 2. The number of aromatic nitrogens is 2. The second-order valence-corrected chi connectivity index (χ2v) is 7.91. The van der Waals surface area contributed by atoms with Crippen molar-refractivity contribution < 1.29 is 4.74 Å². The van der Waals surface area contributed by atoms with Crippen molar-refractivity contribution >= 4 is 32.6 Å². The molecule has 6 aromatic rings. The first-order valence-corrected chi connectivity index (χ1v) is 10.5. The first-order valence-electron chi connectivity index (χ1n) is 10.5. The Balaban J connectivity index is 1.75. The normalized spacial score (nSPS) is 11.7. The second-order valence-electron chi connectivity index (χ2n) is 7.91. The Morgan fingerprint density at radius 1 is 0.613 bits per heavy atom. The van der Waals surface area contributed by atoms with Crippen LogP contribution in [-0.4, -0.2) is 17.1 Å². The van der Waals surface area contributed by atoms with Crippen LogP contribution in [0.25, 0.3) is 32.6 Å². The number of para-hydroxylation sites is 2. The number of H-pyrrole nitrogens is 2. The molecule has 31 heavy (non-hydrogen) atoms. The highest BCUT2D eigenvalue weighted by Crippen LogP contribution is 2.45. The van der Waals surface area contributed by atoms with Crippen molar-refractivity contribution in [3.8, 4) is 5.75 Å². The monoisotopic (exact) mass is 402 g/mol. The number of aromatic amines is 2. The lowest BCUT2D eigenvalue weighted by Crippen LogP contribution is -2.06. The lowest BCUT2D eigenvalue weighted by atomic mass is 9.82. The number of hydrogen-bond acceptors (Lipinski definition) is 1. The van der Waals surface area contributed by atoms with Crippen LogP contribution in [0.15, 0.2) is 97.3 Å². The van der Waals surface area contributed by atoms with E-state index in [0.717, 1.165) is 16.8 Å². The zero-order valence-electron chi connectivity index (χ0n) is 17.2. The van der Waals surface area contributed by atoms with Crippen molar-refractivity contribution in [1.82, 2.24) is 9.97 Å². The Morgan fingerprint density at radius 3 is 1.77 bits per heavy atom. The molecule has 0 bridgehead atoms. The number of methoxy groups -OCH3 is 1. The lowest BCUT2D eigenvalue weighted by Gasteiger charge is -2.22. The van der Waals surface area contributed by atoms with E-state index in [1.807, 2.05) is 0 Å². The van der Waals surface area contributed by atoms with E-state index in [1.54, 1.807) is 7.11 Å². The van der Waals surface area contributed by atoms with Gasteiger partial charge in [0.1, 0.15) is 5.75 Å². The number of fused-ring (bicyclic) bond motifs is 3. The summed E-state index contributed by atoms with van der Waals surface area (Å²) in [5.74, 6) is 0.910. The van der Waals surface area contributed by atoms with Crippen LogP contribution in [0.2, 0.25) is 0 Å². The van der Waals surface area contributed by atoms with E-state index >= 15 is 0 Å². The van der Waals surface area contributed by atoms with Crippen molar-refractivity contribution in [2.24, 2.45) is 0 Å². The van der Waals surface area contributed by atoms with Gasteiger partial charge in [-0.2, -0.15) is 0 Å². The van der Waals surface area contributed by atoms with Gasteiger partial charge in [-0.1, -0.05) is 66.7 Å². The van der Waals surface area contributed by atoms with Gasteiger partial charge in [0.25, 0.3) is 0 Å². The SMILES string of the molecule is COc1ccc2ccccc2c1C(c1c[nH]c2ccccc12)c1c[nH]c2ccccc12. The van der Waals surface area contributed by atoms with Crippen molar-refractivity contribution in [3.05, 3.63) is 114 Å². The smallest absolute Gasteiger partial charge is 0.123 e. The average Bonchev–Trinajstić information content (AvgIpc) is 3.45. The van der Waals surface area contributed by atoms with Gasteiger partial charge in [0.05, 0.1) is 7.11 Å². The molecule has 0 radical (unpaired) electrons. The fourth-order valence-corrected chi connectivity index (χ4v) is 4.90. The fraction of sp³-hybridized carbons (Fsp3) is 0.0714. The molecule has 0 aliphatic rings. The molecule has 6 rings (SSSR count). The van der Waals surface area contributed by atoms with Crippen molar-refractivity contribution in [3.63, 3.8) is 0 Å². The number of ether oxygens (including phenoxy) is 1. The van der Waals surface area contributed by atoms with E-state index in [-0.39, 0.29) is 5.92 Å². The third-order valence-corrected chi connectivity index (χ3v) is 6.30. The quantitative estimate of drug-likeness (QED) is 0.328. The number of hydrogen-bond donors (Lipinski definition) is 2. The number of rotatable bonds is 4. The molecule has 0 saturated carbocycles. The molecule has 0 fully saturated rings. The summed E-state index contributed by atoms with van der Waals surface area (Å²) in [6.45, 7) is 0. The average molecular weight is 402 g/mol. The molecule has 0 atom stereocenters. The molecule has 2 N–H and O–H groups in total. The zero-order chi connectivity index (χ0) is 20.8. The summed E-state index contributed by atoms with van der Waals surface area (Å²) in [6.07, 6.45) is 4.30. The summed E-state index contributed by atoms with van der Waals surface area (Å²) < 4.78 is 5.93. The molecule has 150 valence electrons. The van der Waals surface area contributed by atoms with E-state index in [9.17, 15) is 0 Å². The lowest BCUT2D eigenvalue weighted by molar-refractivity contribution is 0.410. The highest BCUT2D eigenvalue weighted by Gasteiger charge is 2.27. The predicted molar refractivity (Wildman–Crippen MR) is 128 cm³/mol. The van der Waals surface area contributed by atoms with Crippen LogP contribution in [0.5, 0.6) is 5.75 Å². The second kappa shape index (κ2) is 7.06. The van der Waals surface area contributed by atoms with Gasteiger partial charge in [-0.15, -0.1) is 0 Å². The molecule has 0 saturated heterocycles. The van der Waals surface area contributed by atoms with Crippen LogP contribution in [0.1, 0.15) is 22.6 Å². The maximum atomic E-state index is 5.93. The van der Waals surface area contributed by atoms with Crippen LogP contribution in [-0.2, 0) is 0 Å². The van der Waals surface area contributed by atoms with Crippen molar-refractivity contribution in [1.29, 1.82) is 0 Å².